The zero-order chi connectivity index (χ0) is 24.9. The number of alkyl carbamates (subject to hydrolysis) is 1. The number of carboxylic acids is 1. The van der Waals surface area contributed by atoms with Gasteiger partial charge in [0.15, 0.2) is 0 Å². The summed E-state index contributed by atoms with van der Waals surface area (Å²) in [4.78, 5) is 36.7. The van der Waals surface area contributed by atoms with Gasteiger partial charge >= 0.3 is 12.1 Å². The first-order chi connectivity index (χ1) is 16.9. The standard InChI is InChI=1S/C26H23BrN2O6/c1-34-14-23(24(30)28-15-10-11-22(27)20(12-15)25(31)32)29-26(33)35-13-21-18-8-4-2-6-16(18)17-7-3-5-9-19(17)21/h2-12,21,23H,13-14H2,1H3,(H,28,30)(H,29,33)(H,31,32). The summed E-state index contributed by atoms with van der Waals surface area (Å²) in [6, 6.07) is 19.3. The van der Waals surface area contributed by atoms with Crippen molar-refractivity contribution in [3.8, 4) is 11.1 Å². The molecule has 3 N–H and O–H groups in total. The van der Waals surface area contributed by atoms with Crippen molar-refractivity contribution in [3.05, 3.63) is 87.9 Å². The second-order valence-corrected chi connectivity index (χ2v) is 8.82. The number of benzene rings is 3. The second-order valence-electron chi connectivity index (χ2n) is 7.97. The molecule has 1 aliphatic rings. The minimum Gasteiger partial charge on any atom is -0.478 e. The number of ether oxygens (including phenoxy) is 2. The molecule has 1 atom stereocenters. The van der Waals surface area contributed by atoms with Crippen LogP contribution >= 0.6 is 15.9 Å². The summed E-state index contributed by atoms with van der Waals surface area (Å²) in [5.41, 5.74) is 4.66. The van der Waals surface area contributed by atoms with Crippen molar-refractivity contribution in [3.63, 3.8) is 0 Å². The molecule has 0 fully saturated rings. The number of amides is 2. The molecule has 0 heterocycles. The summed E-state index contributed by atoms with van der Waals surface area (Å²) in [6.07, 6.45) is -0.758. The molecule has 3 aromatic carbocycles. The van der Waals surface area contributed by atoms with Gasteiger partial charge < -0.3 is 25.2 Å². The van der Waals surface area contributed by atoms with E-state index in [1.165, 1.54) is 19.2 Å². The number of carboxylic acid groups (broad SMARTS) is 1. The maximum Gasteiger partial charge on any atom is 0.407 e. The zero-order valence-electron chi connectivity index (χ0n) is 18.8. The summed E-state index contributed by atoms with van der Waals surface area (Å²) in [6.45, 7) is 0.00814. The van der Waals surface area contributed by atoms with Crippen molar-refractivity contribution >= 4 is 39.6 Å². The quantitative estimate of drug-likeness (QED) is 0.385. The molecule has 0 saturated carbocycles. The predicted octanol–water partition coefficient (Wildman–Crippen LogP) is 4.64. The van der Waals surface area contributed by atoms with Crippen LogP contribution in [0.15, 0.2) is 71.2 Å². The van der Waals surface area contributed by atoms with Gasteiger partial charge in [-0.1, -0.05) is 48.5 Å². The van der Waals surface area contributed by atoms with Crippen LogP contribution in [0.2, 0.25) is 0 Å². The second kappa shape index (κ2) is 10.7. The number of hydrogen-bond acceptors (Lipinski definition) is 5. The van der Waals surface area contributed by atoms with Gasteiger partial charge in [-0.25, -0.2) is 9.59 Å². The van der Waals surface area contributed by atoms with Crippen molar-refractivity contribution in [1.29, 1.82) is 0 Å². The van der Waals surface area contributed by atoms with Gasteiger partial charge in [-0.3, -0.25) is 4.79 Å². The lowest BCUT2D eigenvalue weighted by Gasteiger charge is -2.19. The lowest BCUT2D eigenvalue weighted by Crippen LogP contribution is -2.47. The monoisotopic (exact) mass is 538 g/mol. The minimum absolute atomic E-state index is 0.00409. The summed E-state index contributed by atoms with van der Waals surface area (Å²) >= 11 is 3.16. The van der Waals surface area contributed by atoms with Gasteiger partial charge in [-0.2, -0.15) is 0 Å². The molecule has 35 heavy (non-hydrogen) atoms. The van der Waals surface area contributed by atoms with Crippen molar-refractivity contribution in [1.82, 2.24) is 5.32 Å². The largest absolute Gasteiger partial charge is 0.478 e. The summed E-state index contributed by atoms with van der Waals surface area (Å²) in [7, 11) is 1.40. The Labute approximate surface area is 210 Å². The van der Waals surface area contributed by atoms with Crippen LogP contribution in [0.3, 0.4) is 0 Å². The van der Waals surface area contributed by atoms with Crippen molar-refractivity contribution in [2.45, 2.75) is 12.0 Å². The molecular weight excluding hydrogens is 516 g/mol. The number of fused-ring (bicyclic) bond motifs is 3. The van der Waals surface area contributed by atoms with E-state index < -0.39 is 24.0 Å². The van der Waals surface area contributed by atoms with E-state index in [2.05, 4.69) is 26.6 Å². The number of hydrogen-bond donors (Lipinski definition) is 3. The average Bonchev–Trinajstić information content (AvgIpc) is 3.17. The summed E-state index contributed by atoms with van der Waals surface area (Å²) in [5, 5.41) is 14.4. The van der Waals surface area contributed by atoms with E-state index in [9.17, 15) is 19.5 Å². The van der Waals surface area contributed by atoms with Crippen LogP contribution in [0.5, 0.6) is 0 Å². The molecule has 0 saturated heterocycles. The molecular formula is C26H23BrN2O6. The Hall–Kier alpha value is -3.69. The highest BCUT2D eigenvalue weighted by Crippen LogP contribution is 2.44. The first-order valence-corrected chi connectivity index (χ1v) is 11.6. The first-order valence-electron chi connectivity index (χ1n) is 10.8. The van der Waals surface area contributed by atoms with Gasteiger partial charge in [0, 0.05) is 23.2 Å². The van der Waals surface area contributed by atoms with Gasteiger partial charge in [-0.15, -0.1) is 0 Å². The lowest BCUT2D eigenvalue weighted by molar-refractivity contribution is -0.119. The molecule has 4 rings (SSSR count). The smallest absolute Gasteiger partial charge is 0.407 e. The number of rotatable bonds is 8. The Balaban J connectivity index is 1.41. The van der Waals surface area contributed by atoms with Gasteiger partial charge in [0.1, 0.15) is 12.6 Å². The van der Waals surface area contributed by atoms with Crippen LogP contribution in [-0.2, 0) is 14.3 Å². The van der Waals surface area contributed by atoms with Gasteiger partial charge in [0.25, 0.3) is 0 Å². The highest BCUT2D eigenvalue weighted by atomic mass is 79.9. The fourth-order valence-electron chi connectivity index (χ4n) is 4.13. The number of halogens is 1. The number of methoxy groups -OCH3 is 1. The molecule has 0 aliphatic heterocycles. The lowest BCUT2D eigenvalue weighted by atomic mass is 9.98. The zero-order valence-corrected chi connectivity index (χ0v) is 20.4. The maximum atomic E-state index is 12.8. The van der Waals surface area contributed by atoms with Crippen molar-refractivity contribution in [2.24, 2.45) is 0 Å². The third-order valence-corrected chi connectivity index (χ3v) is 6.44. The molecule has 0 radical (unpaired) electrons. The fraction of sp³-hybridized carbons (Fsp3) is 0.192. The molecule has 0 aromatic heterocycles. The molecule has 1 unspecified atom stereocenters. The Morgan fingerprint density at radius 1 is 1.00 bits per heavy atom. The Bertz CT molecular complexity index is 1230. The number of anilines is 1. The topological polar surface area (TPSA) is 114 Å². The van der Waals surface area contributed by atoms with Crippen LogP contribution in [0.25, 0.3) is 11.1 Å². The molecule has 8 nitrogen and oxygen atoms in total. The molecule has 180 valence electrons. The van der Waals surface area contributed by atoms with Crippen molar-refractivity contribution in [2.75, 3.05) is 25.6 Å². The van der Waals surface area contributed by atoms with E-state index in [1.54, 1.807) is 6.07 Å². The number of nitrogens with one attached hydrogen (secondary N) is 2. The van der Waals surface area contributed by atoms with Gasteiger partial charge in [0.05, 0.1) is 12.2 Å². The Morgan fingerprint density at radius 3 is 2.23 bits per heavy atom. The molecule has 0 bridgehead atoms. The van der Waals surface area contributed by atoms with E-state index in [-0.39, 0.29) is 30.4 Å². The molecule has 1 aliphatic carbocycles. The maximum absolute atomic E-state index is 12.8. The Morgan fingerprint density at radius 2 is 1.63 bits per heavy atom. The number of carbonyl (C=O) groups is 3. The predicted molar refractivity (Wildman–Crippen MR) is 134 cm³/mol. The normalized spacial score (nSPS) is 12.9. The Kier molecular flexibility index (Phi) is 7.48. The van der Waals surface area contributed by atoms with Crippen molar-refractivity contribution < 1.29 is 29.0 Å². The highest BCUT2D eigenvalue weighted by Gasteiger charge is 2.30. The summed E-state index contributed by atoms with van der Waals surface area (Å²) in [5.74, 6) is -1.82. The number of carbonyl (C=O) groups excluding carboxylic acids is 2. The molecule has 2 amide bonds. The molecule has 9 heteroatoms. The van der Waals surface area contributed by atoms with Crippen LogP contribution < -0.4 is 10.6 Å². The van der Waals surface area contributed by atoms with E-state index >= 15 is 0 Å². The average molecular weight is 539 g/mol. The van der Waals surface area contributed by atoms with Gasteiger partial charge in [-0.05, 0) is 56.4 Å². The third kappa shape index (κ3) is 5.36. The van der Waals surface area contributed by atoms with E-state index in [0.29, 0.717) is 4.47 Å². The van der Waals surface area contributed by atoms with Crippen LogP contribution in [0.4, 0.5) is 10.5 Å². The molecule has 3 aromatic rings. The third-order valence-electron chi connectivity index (χ3n) is 5.75. The van der Waals surface area contributed by atoms with E-state index in [1.807, 2.05) is 48.5 Å². The first kappa shape index (κ1) is 24.4. The van der Waals surface area contributed by atoms with E-state index in [0.717, 1.165) is 22.3 Å². The number of aromatic carboxylic acids is 1. The van der Waals surface area contributed by atoms with E-state index in [4.69, 9.17) is 9.47 Å². The molecule has 0 spiro atoms. The van der Waals surface area contributed by atoms with Crippen LogP contribution in [0, 0.1) is 0 Å². The van der Waals surface area contributed by atoms with Crippen LogP contribution in [-0.4, -0.2) is 49.4 Å². The van der Waals surface area contributed by atoms with Gasteiger partial charge in [0.2, 0.25) is 5.91 Å². The fourth-order valence-corrected chi connectivity index (χ4v) is 4.54. The SMILES string of the molecule is COCC(NC(=O)OCC1c2ccccc2-c2ccccc21)C(=O)Nc1ccc(Br)c(C(=O)O)c1. The van der Waals surface area contributed by atoms with Crippen LogP contribution in [0.1, 0.15) is 27.4 Å². The highest BCUT2D eigenvalue weighted by molar-refractivity contribution is 9.10. The minimum atomic E-state index is -1.14. The summed E-state index contributed by atoms with van der Waals surface area (Å²) < 4.78 is 11.0.